The Labute approximate surface area is 58.2 Å². The lowest BCUT2D eigenvalue weighted by Gasteiger charge is -2.27. The Morgan fingerprint density at radius 1 is 1.20 bits per heavy atom. The average Bonchev–Trinajstić information content (AvgIpc) is 1.86. The predicted octanol–water partition coefficient (Wildman–Crippen LogP) is -2.25. The van der Waals surface area contributed by atoms with Crippen molar-refractivity contribution in [2.45, 2.75) is 31.5 Å². The van der Waals surface area contributed by atoms with Gasteiger partial charge < -0.3 is 25.5 Å². The van der Waals surface area contributed by atoms with E-state index in [0.29, 0.717) is 0 Å². The number of rotatable bonds is 3. The van der Waals surface area contributed by atoms with Crippen molar-refractivity contribution in [3.05, 3.63) is 0 Å². The van der Waals surface area contributed by atoms with Gasteiger partial charge >= 0.3 is 0 Å². The molecule has 62 valence electrons. The highest BCUT2D eigenvalue weighted by molar-refractivity contribution is 4.75. The summed E-state index contributed by atoms with van der Waals surface area (Å²) in [6, 6.07) is 0. The van der Waals surface area contributed by atoms with E-state index in [9.17, 15) is 0 Å². The van der Waals surface area contributed by atoms with Gasteiger partial charge in [0.15, 0.2) is 0 Å². The summed E-state index contributed by atoms with van der Waals surface area (Å²) in [5.41, 5.74) is 0. The highest BCUT2D eigenvalue weighted by atomic mass is 16.6. The van der Waals surface area contributed by atoms with Gasteiger partial charge in [0, 0.05) is 0 Å². The third-order valence-electron chi connectivity index (χ3n) is 1.26. The molecule has 0 saturated carbocycles. The topological polar surface area (TPSA) is 101 Å². The van der Waals surface area contributed by atoms with Gasteiger partial charge in [-0.3, -0.25) is 0 Å². The van der Waals surface area contributed by atoms with Gasteiger partial charge in [0.25, 0.3) is 0 Å². The number of hydrogen-bond donors (Lipinski definition) is 5. The largest absolute Gasteiger partial charge is 0.387 e. The zero-order chi connectivity index (χ0) is 8.36. The van der Waals surface area contributed by atoms with E-state index in [4.69, 9.17) is 25.5 Å². The third kappa shape index (κ3) is 1.89. The molecule has 0 aliphatic rings. The van der Waals surface area contributed by atoms with Crippen molar-refractivity contribution >= 4 is 0 Å². The molecule has 1 atom stereocenters. The van der Waals surface area contributed by atoms with Crippen molar-refractivity contribution in [1.29, 1.82) is 0 Å². The first-order chi connectivity index (χ1) is 4.42. The standard InChI is InChI=1S/C5H12O5/c1-2-3(6)5(9,10)4(7)8/h3-4,6-10H,2H2,1H3. The van der Waals surface area contributed by atoms with E-state index in [2.05, 4.69) is 0 Å². The molecule has 0 aliphatic heterocycles. The van der Waals surface area contributed by atoms with Crippen LogP contribution in [-0.2, 0) is 0 Å². The molecule has 0 saturated heterocycles. The van der Waals surface area contributed by atoms with Gasteiger partial charge in [0.1, 0.15) is 6.10 Å². The van der Waals surface area contributed by atoms with E-state index in [-0.39, 0.29) is 6.42 Å². The summed E-state index contributed by atoms with van der Waals surface area (Å²) in [7, 11) is 0. The molecule has 0 heterocycles. The second kappa shape index (κ2) is 3.27. The van der Waals surface area contributed by atoms with Crippen LogP contribution in [0, 0.1) is 0 Å². The normalized spacial score (nSPS) is 15.9. The minimum Gasteiger partial charge on any atom is -0.387 e. The summed E-state index contributed by atoms with van der Waals surface area (Å²) in [4.78, 5) is 0. The van der Waals surface area contributed by atoms with E-state index in [1.54, 1.807) is 0 Å². The first-order valence-corrected chi connectivity index (χ1v) is 2.91. The van der Waals surface area contributed by atoms with E-state index >= 15 is 0 Å². The van der Waals surface area contributed by atoms with Gasteiger partial charge in [-0.25, -0.2) is 0 Å². The Bertz CT molecular complexity index is 100. The smallest absolute Gasteiger partial charge is 0.242 e. The van der Waals surface area contributed by atoms with Crippen LogP contribution in [-0.4, -0.2) is 43.7 Å². The molecule has 0 aromatic rings. The summed E-state index contributed by atoms with van der Waals surface area (Å²) >= 11 is 0. The Hall–Kier alpha value is -0.200. The first-order valence-electron chi connectivity index (χ1n) is 2.91. The lowest BCUT2D eigenvalue weighted by atomic mass is 10.1. The molecule has 0 aromatic heterocycles. The first kappa shape index (κ1) is 9.80. The Morgan fingerprint density at radius 2 is 1.60 bits per heavy atom. The van der Waals surface area contributed by atoms with Crippen LogP contribution >= 0.6 is 0 Å². The molecule has 0 rings (SSSR count). The summed E-state index contributed by atoms with van der Waals surface area (Å²) in [6.45, 7) is 1.48. The molecule has 5 heteroatoms. The van der Waals surface area contributed by atoms with E-state index < -0.39 is 18.2 Å². The van der Waals surface area contributed by atoms with E-state index in [1.807, 2.05) is 0 Å². The van der Waals surface area contributed by atoms with Gasteiger partial charge in [-0.1, -0.05) is 6.92 Å². The zero-order valence-corrected chi connectivity index (χ0v) is 5.60. The number of aliphatic hydroxyl groups excluding tert-OH is 2. The summed E-state index contributed by atoms with van der Waals surface area (Å²) in [5, 5.41) is 42.6. The number of aliphatic hydroxyl groups is 5. The monoisotopic (exact) mass is 152 g/mol. The summed E-state index contributed by atoms with van der Waals surface area (Å²) in [6.07, 6.45) is -3.86. The van der Waals surface area contributed by atoms with Crippen molar-refractivity contribution < 1.29 is 25.5 Å². The Kier molecular flexibility index (Phi) is 3.20. The van der Waals surface area contributed by atoms with Crippen LogP contribution in [0.3, 0.4) is 0 Å². The molecule has 0 amide bonds. The molecule has 0 radical (unpaired) electrons. The van der Waals surface area contributed by atoms with Crippen molar-refractivity contribution in [3.63, 3.8) is 0 Å². The van der Waals surface area contributed by atoms with Crippen LogP contribution in [0.25, 0.3) is 0 Å². The molecule has 1 unspecified atom stereocenters. The lowest BCUT2D eigenvalue weighted by molar-refractivity contribution is -0.326. The fourth-order valence-electron chi connectivity index (χ4n) is 0.473. The molecular weight excluding hydrogens is 140 g/mol. The average molecular weight is 152 g/mol. The van der Waals surface area contributed by atoms with Crippen LogP contribution in [0.5, 0.6) is 0 Å². The quantitative estimate of drug-likeness (QED) is 0.294. The highest BCUT2D eigenvalue weighted by Crippen LogP contribution is 2.12. The maximum atomic E-state index is 8.74. The maximum absolute atomic E-state index is 8.74. The zero-order valence-electron chi connectivity index (χ0n) is 5.60. The van der Waals surface area contributed by atoms with E-state index in [1.165, 1.54) is 6.92 Å². The van der Waals surface area contributed by atoms with E-state index in [0.717, 1.165) is 0 Å². The molecule has 0 bridgehead atoms. The van der Waals surface area contributed by atoms with Gasteiger partial charge in [-0.15, -0.1) is 0 Å². The third-order valence-corrected chi connectivity index (χ3v) is 1.26. The van der Waals surface area contributed by atoms with Crippen LogP contribution in [0.1, 0.15) is 13.3 Å². The predicted molar refractivity (Wildman–Crippen MR) is 31.7 cm³/mol. The van der Waals surface area contributed by atoms with Crippen LogP contribution < -0.4 is 0 Å². The lowest BCUT2D eigenvalue weighted by Crippen LogP contribution is -2.51. The van der Waals surface area contributed by atoms with Gasteiger partial charge in [-0.2, -0.15) is 0 Å². The van der Waals surface area contributed by atoms with Crippen molar-refractivity contribution in [2.75, 3.05) is 0 Å². The van der Waals surface area contributed by atoms with Crippen LogP contribution in [0.15, 0.2) is 0 Å². The van der Waals surface area contributed by atoms with Gasteiger partial charge in [0.05, 0.1) is 0 Å². The SMILES string of the molecule is CCC(O)C(O)(O)C(O)O. The maximum Gasteiger partial charge on any atom is 0.242 e. The summed E-state index contributed by atoms with van der Waals surface area (Å²) in [5.74, 6) is -2.82. The minimum atomic E-state index is -2.82. The fourth-order valence-corrected chi connectivity index (χ4v) is 0.473. The summed E-state index contributed by atoms with van der Waals surface area (Å²) < 4.78 is 0. The van der Waals surface area contributed by atoms with Crippen molar-refractivity contribution in [1.82, 2.24) is 0 Å². The van der Waals surface area contributed by atoms with Gasteiger partial charge in [0.2, 0.25) is 12.1 Å². The molecule has 0 fully saturated rings. The molecule has 5 N–H and O–H groups in total. The molecular formula is C5H12O5. The Balaban J connectivity index is 4.09. The molecule has 10 heavy (non-hydrogen) atoms. The number of hydrogen-bond acceptors (Lipinski definition) is 5. The van der Waals surface area contributed by atoms with Gasteiger partial charge in [-0.05, 0) is 6.42 Å². The second-order valence-corrected chi connectivity index (χ2v) is 2.08. The Morgan fingerprint density at radius 3 is 1.70 bits per heavy atom. The molecule has 0 aromatic carbocycles. The second-order valence-electron chi connectivity index (χ2n) is 2.08. The van der Waals surface area contributed by atoms with Crippen LogP contribution in [0.4, 0.5) is 0 Å². The molecule has 5 nitrogen and oxygen atoms in total. The fraction of sp³-hybridized carbons (Fsp3) is 1.00. The van der Waals surface area contributed by atoms with Crippen molar-refractivity contribution in [3.8, 4) is 0 Å². The highest BCUT2D eigenvalue weighted by Gasteiger charge is 2.38. The van der Waals surface area contributed by atoms with Crippen LogP contribution in [0.2, 0.25) is 0 Å². The molecule has 0 spiro atoms. The minimum absolute atomic E-state index is 0.0324. The van der Waals surface area contributed by atoms with Crippen molar-refractivity contribution in [2.24, 2.45) is 0 Å². The molecule has 0 aliphatic carbocycles.